The van der Waals surface area contributed by atoms with E-state index in [2.05, 4.69) is 17.1 Å². The molecule has 0 saturated carbocycles. The molecule has 0 aliphatic heterocycles. The molecule has 0 radical (unpaired) electrons. The van der Waals surface area contributed by atoms with Crippen LogP contribution in [0.2, 0.25) is 5.02 Å². The Hall–Kier alpha value is -2.00. The van der Waals surface area contributed by atoms with Gasteiger partial charge in [0, 0.05) is 12.7 Å². The summed E-state index contributed by atoms with van der Waals surface area (Å²) in [6.07, 6.45) is 4.94. The first-order valence-electron chi connectivity index (χ1n) is 5.61. The number of nitrogens with zero attached hydrogens (tertiary/aromatic N) is 2. The highest BCUT2D eigenvalue weighted by atomic mass is 35.5. The lowest BCUT2D eigenvalue weighted by atomic mass is 10.2. The second-order valence-corrected chi connectivity index (χ2v) is 4.55. The fraction of sp³-hybridized carbons (Fsp3) is 0.0714. The smallest absolute Gasteiger partial charge is 0.144 e. The number of rotatable bonds is 2. The molecule has 18 heavy (non-hydrogen) atoms. The van der Waals surface area contributed by atoms with Gasteiger partial charge in [0.2, 0.25) is 0 Å². The molecular weight excluding hydrogens is 248 g/mol. The predicted octanol–water partition coefficient (Wildman–Crippen LogP) is 3.44. The zero-order valence-corrected chi connectivity index (χ0v) is 10.3. The summed E-state index contributed by atoms with van der Waals surface area (Å²) >= 11 is 6.14. The van der Waals surface area contributed by atoms with Crippen LogP contribution >= 0.6 is 11.6 Å². The molecule has 4 heteroatoms. The van der Waals surface area contributed by atoms with Gasteiger partial charge in [0.1, 0.15) is 5.75 Å². The number of hydrogen-bond donors (Lipinski definition) is 1. The number of halogens is 1. The quantitative estimate of drug-likeness (QED) is 0.765. The highest BCUT2D eigenvalue weighted by molar-refractivity contribution is 6.36. The van der Waals surface area contributed by atoms with E-state index in [0.717, 1.165) is 5.52 Å². The summed E-state index contributed by atoms with van der Waals surface area (Å²) in [4.78, 5) is 4.00. The van der Waals surface area contributed by atoms with E-state index < -0.39 is 0 Å². The highest BCUT2D eigenvalue weighted by Crippen LogP contribution is 2.32. The molecule has 0 aliphatic rings. The van der Waals surface area contributed by atoms with Gasteiger partial charge in [-0.1, -0.05) is 41.9 Å². The van der Waals surface area contributed by atoms with Crippen LogP contribution in [0.4, 0.5) is 0 Å². The molecule has 3 rings (SSSR count). The van der Waals surface area contributed by atoms with Crippen molar-refractivity contribution in [3.63, 3.8) is 0 Å². The first-order chi connectivity index (χ1) is 8.75. The van der Waals surface area contributed by atoms with Crippen LogP contribution in [0.5, 0.6) is 5.75 Å². The maximum Gasteiger partial charge on any atom is 0.144 e. The average Bonchev–Trinajstić information content (AvgIpc) is 2.69. The molecule has 0 bridgehead atoms. The summed E-state index contributed by atoms with van der Waals surface area (Å²) in [7, 11) is 0. The number of benzene rings is 1. The topological polar surface area (TPSA) is 38.1 Å². The molecular formula is C14H11ClN2O. The van der Waals surface area contributed by atoms with E-state index in [9.17, 15) is 5.11 Å². The molecule has 2 heterocycles. The second-order valence-electron chi connectivity index (χ2n) is 4.14. The van der Waals surface area contributed by atoms with Crippen molar-refractivity contribution in [3.05, 3.63) is 59.5 Å². The fourth-order valence-electron chi connectivity index (χ4n) is 2.08. The first-order valence-corrected chi connectivity index (χ1v) is 5.99. The zero-order chi connectivity index (χ0) is 12.5. The lowest BCUT2D eigenvalue weighted by molar-refractivity contribution is 0.479. The van der Waals surface area contributed by atoms with Crippen molar-refractivity contribution >= 4 is 22.5 Å². The van der Waals surface area contributed by atoms with Gasteiger partial charge in [0.15, 0.2) is 0 Å². The van der Waals surface area contributed by atoms with Crippen LogP contribution in [0, 0.1) is 0 Å². The Morgan fingerprint density at radius 1 is 1.17 bits per heavy atom. The Balaban J connectivity index is 2.11. The van der Waals surface area contributed by atoms with Crippen molar-refractivity contribution in [2.75, 3.05) is 0 Å². The molecule has 0 amide bonds. The molecule has 1 N–H and O–H groups in total. The van der Waals surface area contributed by atoms with Crippen LogP contribution in [0.25, 0.3) is 10.9 Å². The summed E-state index contributed by atoms with van der Waals surface area (Å²) < 4.78 is 1.99. The van der Waals surface area contributed by atoms with Crippen LogP contribution in [0.3, 0.4) is 0 Å². The fourth-order valence-corrected chi connectivity index (χ4v) is 2.39. The zero-order valence-electron chi connectivity index (χ0n) is 9.55. The molecule has 3 nitrogen and oxygen atoms in total. The van der Waals surface area contributed by atoms with Crippen LogP contribution < -0.4 is 0 Å². The maximum atomic E-state index is 9.77. The van der Waals surface area contributed by atoms with E-state index in [1.807, 2.05) is 29.0 Å². The third kappa shape index (κ3) is 1.83. The van der Waals surface area contributed by atoms with Crippen molar-refractivity contribution in [1.29, 1.82) is 0 Å². The molecule has 0 saturated heterocycles. The Bertz CT molecular complexity index is 692. The lowest BCUT2D eigenvalue weighted by Crippen LogP contribution is -1.97. The minimum atomic E-state index is 0.115. The van der Waals surface area contributed by atoms with Crippen molar-refractivity contribution in [1.82, 2.24) is 9.55 Å². The van der Waals surface area contributed by atoms with Crippen LogP contribution in [-0.2, 0) is 6.54 Å². The van der Waals surface area contributed by atoms with Crippen molar-refractivity contribution in [2.24, 2.45) is 0 Å². The van der Waals surface area contributed by atoms with Crippen molar-refractivity contribution < 1.29 is 5.11 Å². The molecule has 0 aliphatic carbocycles. The molecule has 2 aromatic heterocycles. The highest BCUT2D eigenvalue weighted by Gasteiger charge is 2.11. The molecule has 0 fully saturated rings. The Morgan fingerprint density at radius 2 is 1.94 bits per heavy atom. The summed E-state index contributed by atoms with van der Waals surface area (Å²) in [5, 5.41) is 11.0. The predicted molar refractivity (Wildman–Crippen MR) is 72.0 cm³/mol. The average molecular weight is 259 g/mol. The van der Waals surface area contributed by atoms with Gasteiger partial charge >= 0.3 is 0 Å². The number of hydrogen-bond acceptors (Lipinski definition) is 2. The number of aromatic hydroxyl groups is 1. The molecule has 0 unspecified atom stereocenters. The van der Waals surface area contributed by atoms with E-state index in [0.29, 0.717) is 17.0 Å². The van der Waals surface area contributed by atoms with Gasteiger partial charge in [-0.25, -0.2) is 0 Å². The SMILES string of the molecule is Oc1cncc2c1c(Cl)cn2Cc1ccccc1. The van der Waals surface area contributed by atoms with Crippen LogP contribution in [-0.4, -0.2) is 14.7 Å². The van der Waals surface area contributed by atoms with Crippen molar-refractivity contribution in [2.45, 2.75) is 6.54 Å². The van der Waals surface area contributed by atoms with E-state index in [1.165, 1.54) is 11.8 Å². The van der Waals surface area contributed by atoms with Gasteiger partial charge in [-0.05, 0) is 5.56 Å². The molecule has 0 spiro atoms. The van der Waals surface area contributed by atoms with Gasteiger partial charge in [-0.15, -0.1) is 0 Å². The number of aromatic nitrogens is 2. The second kappa shape index (κ2) is 4.35. The van der Waals surface area contributed by atoms with Gasteiger partial charge in [-0.3, -0.25) is 4.98 Å². The van der Waals surface area contributed by atoms with Gasteiger partial charge in [0.05, 0.1) is 28.3 Å². The minimum Gasteiger partial charge on any atom is -0.506 e. The largest absolute Gasteiger partial charge is 0.506 e. The van der Waals surface area contributed by atoms with E-state index in [1.54, 1.807) is 6.20 Å². The minimum absolute atomic E-state index is 0.115. The summed E-state index contributed by atoms with van der Waals surface area (Å²) in [6.45, 7) is 0.704. The standard InChI is InChI=1S/C14H11ClN2O/c15-11-9-17(8-10-4-2-1-3-5-10)12-6-16-7-13(18)14(11)12/h1-7,9,18H,8H2. The van der Waals surface area contributed by atoms with Gasteiger partial charge in [-0.2, -0.15) is 0 Å². The lowest BCUT2D eigenvalue weighted by Gasteiger charge is -2.05. The molecule has 1 aromatic carbocycles. The first kappa shape index (κ1) is 11.1. The van der Waals surface area contributed by atoms with Crippen molar-refractivity contribution in [3.8, 4) is 5.75 Å². The summed E-state index contributed by atoms with van der Waals surface area (Å²) in [5.41, 5.74) is 2.01. The molecule has 3 aromatic rings. The third-order valence-corrected chi connectivity index (χ3v) is 3.21. The van der Waals surface area contributed by atoms with E-state index in [-0.39, 0.29) is 5.75 Å². The third-order valence-electron chi connectivity index (χ3n) is 2.92. The van der Waals surface area contributed by atoms with E-state index >= 15 is 0 Å². The van der Waals surface area contributed by atoms with E-state index in [4.69, 9.17) is 11.6 Å². The Kier molecular flexibility index (Phi) is 2.68. The molecule has 90 valence electrons. The van der Waals surface area contributed by atoms with Gasteiger partial charge in [0.25, 0.3) is 0 Å². The monoisotopic (exact) mass is 258 g/mol. The summed E-state index contributed by atoms with van der Waals surface area (Å²) in [5.74, 6) is 0.115. The van der Waals surface area contributed by atoms with Crippen LogP contribution in [0.15, 0.2) is 48.9 Å². The number of pyridine rings is 1. The normalized spacial score (nSPS) is 10.9. The summed E-state index contributed by atoms with van der Waals surface area (Å²) in [6, 6.07) is 10.1. The Labute approximate surface area is 109 Å². The van der Waals surface area contributed by atoms with Gasteiger partial charge < -0.3 is 9.67 Å². The molecule has 0 atom stereocenters. The number of fused-ring (bicyclic) bond motifs is 1. The Morgan fingerprint density at radius 3 is 2.72 bits per heavy atom. The van der Waals surface area contributed by atoms with Crippen LogP contribution in [0.1, 0.15) is 5.56 Å². The maximum absolute atomic E-state index is 9.77.